The lowest BCUT2D eigenvalue weighted by Gasteiger charge is -2.05. The van der Waals surface area contributed by atoms with Crippen LogP contribution in [-0.2, 0) is 0 Å². The molecule has 1 heterocycles. The second-order valence-electron chi connectivity index (χ2n) is 3.01. The molecule has 0 saturated carbocycles. The average Bonchev–Trinajstić information content (AvgIpc) is 2.64. The third kappa shape index (κ3) is 2.00. The number of carbonyl (C=O) groups excluding carboxylic acids is 1. The van der Waals surface area contributed by atoms with E-state index >= 15 is 0 Å². The number of hydrogen-bond donors (Lipinski definition) is 1. The number of primary amides is 1. The molecule has 0 aliphatic carbocycles. The number of amides is 1. The zero-order valence-electron chi connectivity index (χ0n) is 7.89. The largest absolute Gasteiger partial charge is 0.366 e. The molecular formula is C9H6Cl2N4O. The number of hydrogen-bond acceptors (Lipinski definition) is 3. The van der Waals surface area contributed by atoms with Gasteiger partial charge in [-0.15, -0.1) is 5.10 Å². The van der Waals surface area contributed by atoms with Crippen LogP contribution in [0.15, 0.2) is 24.4 Å². The average molecular weight is 257 g/mol. The van der Waals surface area contributed by atoms with Crippen LogP contribution in [0.25, 0.3) is 5.69 Å². The molecule has 0 unspecified atom stereocenters. The minimum Gasteiger partial charge on any atom is -0.366 e. The molecule has 0 saturated heterocycles. The molecule has 0 fully saturated rings. The van der Waals surface area contributed by atoms with Gasteiger partial charge in [-0.3, -0.25) is 4.79 Å². The molecule has 0 aliphatic rings. The Morgan fingerprint density at radius 2 is 2.12 bits per heavy atom. The maximum atomic E-state index is 11.2. The van der Waals surface area contributed by atoms with E-state index in [2.05, 4.69) is 10.3 Å². The van der Waals surface area contributed by atoms with Gasteiger partial charge in [0.15, 0.2) is 5.15 Å². The SMILES string of the molecule is NC(=O)c1cc(Cl)ccc1-n1cc(Cl)nn1. The quantitative estimate of drug-likeness (QED) is 0.889. The third-order valence-electron chi connectivity index (χ3n) is 1.94. The maximum Gasteiger partial charge on any atom is 0.250 e. The summed E-state index contributed by atoms with van der Waals surface area (Å²) in [6, 6.07) is 4.71. The van der Waals surface area contributed by atoms with E-state index in [1.165, 1.54) is 16.9 Å². The lowest BCUT2D eigenvalue weighted by Crippen LogP contribution is -2.15. The Morgan fingerprint density at radius 3 is 2.69 bits per heavy atom. The molecule has 0 radical (unpaired) electrons. The summed E-state index contributed by atoms with van der Waals surface area (Å²) in [6.07, 6.45) is 1.47. The molecule has 2 aromatic rings. The standard InChI is InChI=1S/C9H6Cl2N4O/c10-5-1-2-7(6(3-5)9(12)16)15-4-8(11)13-14-15/h1-4H,(H2,12,16). The first-order chi connectivity index (χ1) is 7.58. The van der Waals surface area contributed by atoms with Crippen LogP contribution >= 0.6 is 23.2 Å². The summed E-state index contributed by atoms with van der Waals surface area (Å²) in [5.74, 6) is -0.593. The number of rotatable bonds is 2. The second-order valence-corrected chi connectivity index (χ2v) is 3.84. The van der Waals surface area contributed by atoms with Crippen molar-refractivity contribution in [2.45, 2.75) is 0 Å². The molecule has 0 aliphatic heterocycles. The summed E-state index contributed by atoms with van der Waals surface area (Å²) < 4.78 is 1.36. The van der Waals surface area contributed by atoms with Gasteiger partial charge in [-0.2, -0.15) is 0 Å². The van der Waals surface area contributed by atoms with Gasteiger partial charge in [0.05, 0.1) is 17.4 Å². The van der Waals surface area contributed by atoms with Gasteiger partial charge in [0.25, 0.3) is 5.91 Å². The monoisotopic (exact) mass is 256 g/mol. The van der Waals surface area contributed by atoms with E-state index in [1.807, 2.05) is 0 Å². The van der Waals surface area contributed by atoms with Gasteiger partial charge in [0, 0.05) is 5.02 Å². The van der Waals surface area contributed by atoms with Crippen LogP contribution in [0, 0.1) is 0 Å². The Balaban J connectivity index is 2.60. The lowest BCUT2D eigenvalue weighted by atomic mass is 10.1. The van der Waals surface area contributed by atoms with Crippen LogP contribution in [0.2, 0.25) is 10.2 Å². The van der Waals surface area contributed by atoms with Crippen LogP contribution in [-0.4, -0.2) is 20.9 Å². The van der Waals surface area contributed by atoms with Crippen molar-refractivity contribution in [1.82, 2.24) is 15.0 Å². The van der Waals surface area contributed by atoms with E-state index in [-0.39, 0.29) is 10.7 Å². The maximum absolute atomic E-state index is 11.2. The number of benzene rings is 1. The molecule has 1 aromatic heterocycles. The van der Waals surface area contributed by atoms with Gasteiger partial charge in [-0.25, -0.2) is 4.68 Å². The summed E-state index contributed by atoms with van der Waals surface area (Å²) in [5, 5.41) is 8.00. The first-order valence-electron chi connectivity index (χ1n) is 4.25. The van der Waals surface area contributed by atoms with E-state index in [9.17, 15) is 4.79 Å². The number of nitrogens with two attached hydrogens (primary N) is 1. The minimum absolute atomic E-state index is 0.227. The topological polar surface area (TPSA) is 73.8 Å². The summed E-state index contributed by atoms with van der Waals surface area (Å²) in [5.41, 5.74) is 5.98. The molecular weight excluding hydrogens is 251 g/mol. The molecule has 0 atom stereocenters. The van der Waals surface area contributed by atoms with E-state index in [4.69, 9.17) is 28.9 Å². The smallest absolute Gasteiger partial charge is 0.250 e. The normalized spacial score (nSPS) is 10.4. The van der Waals surface area contributed by atoms with Crippen molar-refractivity contribution in [3.8, 4) is 5.69 Å². The number of halogens is 2. The van der Waals surface area contributed by atoms with Crippen molar-refractivity contribution >= 4 is 29.1 Å². The Kier molecular flexibility index (Phi) is 2.80. The fraction of sp³-hybridized carbons (Fsp3) is 0. The van der Waals surface area contributed by atoms with Crippen LogP contribution in [0.1, 0.15) is 10.4 Å². The van der Waals surface area contributed by atoms with E-state index in [0.717, 1.165) is 0 Å². The van der Waals surface area contributed by atoms with Crippen molar-refractivity contribution in [1.29, 1.82) is 0 Å². The highest BCUT2D eigenvalue weighted by Crippen LogP contribution is 2.19. The van der Waals surface area contributed by atoms with Crippen LogP contribution < -0.4 is 5.73 Å². The second kappa shape index (κ2) is 4.11. The van der Waals surface area contributed by atoms with Crippen molar-refractivity contribution in [2.75, 3.05) is 0 Å². The molecule has 2 N–H and O–H groups in total. The highest BCUT2D eigenvalue weighted by atomic mass is 35.5. The minimum atomic E-state index is -0.593. The van der Waals surface area contributed by atoms with E-state index < -0.39 is 5.91 Å². The Hall–Kier alpha value is -1.59. The number of nitrogens with zero attached hydrogens (tertiary/aromatic N) is 3. The highest BCUT2D eigenvalue weighted by Gasteiger charge is 2.11. The molecule has 0 bridgehead atoms. The van der Waals surface area contributed by atoms with Gasteiger partial charge in [0.1, 0.15) is 0 Å². The zero-order chi connectivity index (χ0) is 11.7. The van der Waals surface area contributed by atoms with Crippen molar-refractivity contribution < 1.29 is 4.79 Å². The van der Waals surface area contributed by atoms with Crippen LogP contribution in [0.4, 0.5) is 0 Å². The molecule has 1 amide bonds. The van der Waals surface area contributed by atoms with Crippen LogP contribution in [0.3, 0.4) is 0 Å². The first kappa shape index (κ1) is 10.9. The Labute approximate surface area is 101 Å². The highest BCUT2D eigenvalue weighted by molar-refractivity contribution is 6.31. The molecule has 7 heteroatoms. The Bertz CT molecular complexity index is 552. The van der Waals surface area contributed by atoms with Gasteiger partial charge in [0.2, 0.25) is 0 Å². The van der Waals surface area contributed by atoms with Crippen molar-refractivity contribution in [3.63, 3.8) is 0 Å². The third-order valence-corrected chi connectivity index (χ3v) is 2.34. The van der Waals surface area contributed by atoms with Crippen LogP contribution in [0.5, 0.6) is 0 Å². The molecule has 16 heavy (non-hydrogen) atoms. The zero-order valence-corrected chi connectivity index (χ0v) is 9.40. The van der Waals surface area contributed by atoms with Gasteiger partial charge in [-0.1, -0.05) is 28.4 Å². The predicted molar refractivity (Wildman–Crippen MR) is 59.9 cm³/mol. The lowest BCUT2D eigenvalue weighted by molar-refractivity contribution is 0.1000. The molecule has 0 spiro atoms. The molecule has 82 valence electrons. The fourth-order valence-electron chi connectivity index (χ4n) is 1.27. The summed E-state index contributed by atoms with van der Waals surface area (Å²) in [4.78, 5) is 11.2. The summed E-state index contributed by atoms with van der Waals surface area (Å²) in [7, 11) is 0. The number of aromatic nitrogens is 3. The van der Waals surface area contributed by atoms with Gasteiger partial charge < -0.3 is 5.73 Å². The molecule has 2 rings (SSSR count). The van der Waals surface area contributed by atoms with Gasteiger partial charge >= 0.3 is 0 Å². The van der Waals surface area contributed by atoms with Crippen molar-refractivity contribution in [3.05, 3.63) is 40.1 Å². The van der Waals surface area contributed by atoms with E-state index in [0.29, 0.717) is 10.7 Å². The van der Waals surface area contributed by atoms with Crippen molar-refractivity contribution in [2.24, 2.45) is 5.73 Å². The molecule has 1 aromatic carbocycles. The molecule has 5 nitrogen and oxygen atoms in total. The summed E-state index contributed by atoms with van der Waals surface area (Å²) >= 11 is 11.4. The van der Waals surface area contributed by atoms with E-state index in [1.54, 1.807) is 12.1 Å². The fourth-order valence-corrected chi connectivity index (χ4v) is 1.56. The summed E-state index contributed by atoms with van der Waals surface area (Å²) in [6.45, 7) is 0. The number of carbonyl (C=O) groups is 1. The first-order valence-corrected chi connectivity index (χ1v) is 5.01. The van der Waals surface area contributed by atoms with Gasteiger partial charge in [-0.05, 0) is 18.2 Å². The predicted octanol–water partition coefficient (Wildman–Crippen LogP) is 1.67. The Morgan fingerprint density at radius 1 is 1.38 bits per heavy atom.